The minimum atomic E-state index is -0.574. The van der Waals surface area contributed by atoms with E-state index in [2.05, 4.69) is 0 Å². The van der Waals surface area contributed by atoms with Crippen LogP contribution in [0.1, 0.15) is 12.0 Å². The Morgan fingerprint density at radius 2 is 2.00 bits per heavy atom. The van der Waals surface area contributed by atoms with Gasteiger partial charge in [-0.15, -0.1) is 11.6 Å². The third-order valence-corrected chi connectivity index (χ3v) is 2.11. The molecule has 0 aliphatic heterocycles. The van der Waals surface area contributed by atoms with Crippen LogP contribution in [-0.4, -0.2) is 17.6 Å². The Kier molecular flexibility index (Phi) is 4.31. The van der Waals surface area contributed by atoms with Crippen LogP contribution in [0.25, 0.3) is 0 Å². The highest BCUT2D eigenvalue weighted by Gasteiger charge is 2.11. The van der Waals surface area contributed by atoms with Crippen molar-refractivity contribution in [3.63, 3.8) is 0 Å². The molecule has 0 radical (unpaired) electrons. The average Bonchev–Trinajstić information content (AvgIpc) is 2.21. The average molecular weight is 227 g/mol. The summed E-state index contributed by atoms with van der Waals surface area (Å²) in [6, 6.07) is 7.11. The molecular formula is C11H11ClO3. The number of hydrogen-bond donors (Lipinski definition) is 0. The summed E-state index contributed by atoms with van der Waals surface area (Å²) < 4.78 is 5.00. The van der Waals surface area contributed by atoms with Crippen LogP contribution in [0.5, 0.6) is 5.75 Å². The van der Waals surface area contributed by atoms with Gasteiger partial charge in [-0.1, -0.05) is 18.2 Å². The van der Waals surface area contributed by atoms with Gasteiger partial charge >= 0.3 is 5.97 Å². The molecule has 0 aromatic heterocycles. The monoisotopic (exact) mass is 226 g/mol. The van der Waals surface area contributed by atoms with Crippen LogP contribution in [0.3, 0.4) is 0 Å². The molecule has 0 N–H and O–H groups in total. The van der Waals surface area contributed by atoms with Gasteiger partial charge in [-0.3, -0.25) is 9.59 Å². The number of aryl methyl sites for hydroxylation is 1. The molecule has 0 spiro atoms. The van der Waals surface area contributed by atoms with Crippen molar-refractivity contribution in [3.05, 3.63) is 29.8 Å². The maximum atomic E-state index is 11.2. The first-order valence-corrected chi connectivity index (χ1v) is 5.01. The number of ether oxygens (including phenoxy) is 1. The second-order valence-electron chi connectivity index (χ2n) is 3.09. The van der Waals surface area contributed by atoms with E-state index in [-0.39, 0.29) is 18.1 Å². The number of Topliss-reactive ketones (excluding diaryl/α,β-unsaturated/α-hetero) is 1. The molecule has 0 aliphatic rings. The number of carbonyl (C=O) groups is 2. The van der Waals surface area contributed by atoms with Crippen molar-refractivity contribution in [3.8, 4) is 5.75 Å². The summed E-state index contributed by atoms with van der Waals surface area (Å²) in [5.41, 5.74) is 0.851. The predicted molar refractivity (Wildman–Crippen MR) is 57.2 cm³/mol. The van der Waals surface area contributed by atoms with Crippen LogP contribution in [0.2, 0.25) is 0 Å². The molecular weight excluding hydrogens is 216 g/mol. The minimum Gasteiger partial charge on any atom is -0.426 e. The first-order chi connectivity index (χ1) is 7.13. The normalized spacial score (nSPS) is 9.73. The lowest BCUT2D eigenvalue weighted by molar-refractivity contribution is -0.137. The van der Waals surface area contributed by atoms with Gasteiger partial charge in [-0.05, 0) is 18.6 Å². The van der Waals surface area contributed by atoms with Crippen molar-refractivity contribution in [1.29, 1.82) is 0 Å². The standard InChI is InChI=1S/C11H11ClO3/c1-8-4-2-3-5-10(8)15-11(14)6-9(13)7-12/h2-5H,6-7H2,1H3. The number of rotatable bonds is 4. The van der Waals surface area contributed by atoms with Crippen molar-refractivity contribution in [1.82, 2.24) is 0 Å². The van der Waals surface area contributed by atoms with Crippen LogP contribution < -0.4 is 4.74 Å². The molecule has 0 saturated heterocycles. The molecule has 0 unspecified atom stereocenters. The zero-order valence-electron chi connectivity index (χ0n) is 8.33. The molecule has 1 rings (SSSR count). The van der Waals surface area contributed by atoms with Crippen molar-refractivity contribution >= 4 is 23.4 Å². The summed E-state index contributed by atoms with van der Waals surface area (Å²) in [7, 11) is 0. The van der Waals surface area contributed by atoms with Crippen LogP contribution in [0, 0.1) is 6.92 Å². The molecule has 3 nitrogen and oxygen atoms in total. The summed E-state index contributed by atoms with van der Waals surface area (Å²) in [6.07, 6.45) is -0.280. The minimum absolute atomic E-state index is 0.164. The van der Waals surface area contributed by atoms with E-state index in [4.69, 9.17) is 16.3 Å². The van der Waals surface area contributed by atoms with E-state index in [9.17, 15) is 9.59 Å². The molecule has 1 aromatic carbocycles. The predicted octanol–water partition coefficient (Wildman–Crippen LogP) is 2.10. The van der Waals surface area contributed by atoms with Crippen LogP contribution in [0.15, 0.2) is 24.3 Å². The van der Waals surface area contributed by atoms with E-state index in [0.717, 1.165) is 5.56 Å². The Bertz CT molecular complexity index is 374. The van der Waals surface area contributed by atoms with E-state index in [1.807, 2.05) is 19.1 Å². The molecule has 4 heteroatoms. The Labute approximate surface area is 93.0 Å². The largest absolute Gasteiger partial charge is 0.426 e. The Morgan fingerprint density at radius 3 is 2.60 bits per heavy atom. The molecule has 0 aliphatic carbocycles. The second-order valence-corrected chi connectivity index (χ2v) is 3.36. The summed E-state index contributed by atoms with van der Waals surface area (Å²) >= 11 is 5.27. The molecule has 0 fully saturated rings. The molecule has 0 atom stereocenters. The molecule has 0 amide bonds. The Balaban J connectivity index is 2.59. The Morgan fingerprint density at radius 1 is 1.33 bits per heavy atom. The van der Waals surface area contributed by atoms with Crippen molar-refractivity contribution in [2.75, 3.05) is 5.88 Å². The van der Waals surface area contributed by atoms with Gasteiger partial charge in [-0.25, -0.2) is 0 Å². The number of carbonyl (C=O) groups excluding carboxylic acids is 2. The zero-order valence-corrected chi connectivity index (χ0v) is 9.08. The lowest BCUT2D eigenvalue weighted by Crippen LogP contribution is -2.15. The van der Waals surface area contributed by atoms with Crippen LogP contribution in [-0.2, 0) is 9.59 Å². The first kappa shape index (κ1) is 11.7. The molecule has 0 saturated carbocycles. The lowest BCUT2D eigenvalue weighted by Gasteiger charge is -2.05. The third-order valence-electron chi connectivity index (χ3n) is 1.81. The van der Waals surface area contributed by atoms with E-state index in [0.29, 0.717) is 5.75 Å². The summed E-state index contributed by atoms with van der Waals surface area (Å²) in [5, 5.41) is 0. The SMILES string of the molecule is Cc1ccccc1OC(=O)CC(=O)CCl. The van der Waals surface area contributed by atoms with Crippen LogP contribution >= 0.6 is 11.6 Å². The van der Waals surface area contributed by atoms with E-state index < -0.39 is 5.97 Å². The van der Waals surface area contributed by atoms with Gasteiger partial charge in [0.05, 0.1) is 5.88 Å². The topological polar surface area (TPSA) is 43.4 Å². The maximum absolute atomic E-state index is 11.2. The highest BCUT2D eigenvalue weighted by molar-refractivity contribution is 6.28. The number of halogens is 1. The second kappa shape index (κ2) is 5.51. The molecule has 0 heterocycles. The molecule has 80 valence electrons. The first-order valence-electron chi connectivity index (χ1n) is 4.47. The summed E-state index contributed by atoms with van der Waals surface area (Å²) in [6.45, 7) is 1.83. The van der Waals surface area contributed by atoms with E-state index in [1.54, 1.807) is 12.1 Å². The van der Waals surface area contributed by atoms with Gasteiger partial charge < -0.3 is 4.74 Å². The number of esters is 1. The maximum Gasteiger partial charge on any atom is 0.318 e. The van der Waals surface area contributed by atoms with Crippen molar-refractivity contribution < 1.29 is 14.3 Å². The molecule has 0 bridgehead atoms. The third kappa shape index (κ3) is 3.72. The number of benzene rings is 1. The number of para-hydroxylation sites is 1. The summed E-state index contributed by atoms with van der Waals surface area (Å²) in [4.78, 5) is 22.1. The fourth-order valence-corrected chi connectivity index (χ4v) is 1.13. The highest BCUT2D eigenvalue weighted by Crippen LogP contribution is 2.16. The quantitative estimate of drug-likeness (QED) is 0.342. The van der Waals surface area contributed by atoms with E-state index >= 15 is 0 Å². The van der Waals surface area contributed by atoms with Gasteiger partial charge in [0.25, 0.3) is 0 Å². The van der Waals surface area contributed by atoms with Gasteiger partial charge in [-0.2, -0.15) is 0 Å². The van der Waals surface area contributed by atoms with Gasteiger partial charge in [0.2, 0.25) is 0 Å². The van der Waals surface area contributed by atoms with Gasteiger partial charge in [0.1, 0.15) is 12.2 Å². The molecule has 1 aromatic rings. The highest BCUT2D eigenvalue weighted by atomic mass is 35.5. The fourth-order valence-electron chi connectivity index (χ4n) is 1.04. The van der Waals surface area contributed by atoms with Gasteiger partial charge in [0, 0.05) is 0 Å². The van der Waals surface area contributed by atoms with Crippen molar-refractivity contribution in [2.45, 2.75) is 13.3 Å². The van der Waals surface area contributed by atoms with E-state index in [1.165, 1.54) is 0 Å². The van der Waals surface area contributed by atoms with Crippen molar-refractivity contribution in [2.24, 2.45) is 0 Å². The van der Waals surface area contributed by atoms with Crippen LogP contribution in [0.4, 0.5) is 0 Å². The van der Waals surface area contributed by atoms with Gasteiger partial charge in [0.15, 0.2) is 5.78 Å². The lowest BCUT2D eigenvalue weighted by atomic mass is 10.2. The molecule has 15 heavy (non-hydrogen) atoms. The smallest absolute Gasteiger partial charge is 0.318 e. The summed E-state index contributed by atoms with van der Waals surface area (Å²) in [5.74, 6) is -0.599. The number of hydrogen-bond acceptors (Lipinski definition) is 3. The Hall–Kier alpha value is -1.35. The number of ketones is 1. The fraction of sp³-hybridized carbons (Fsp3) is 0.273. The number of alkyl halides is 1. The zero-order chi connectivity index (χ0) is 11.3.